The number of imidazole rings is 1. The van der Waals surface area contributed by atoms with Gasteiger partial charge in [-0.2, -0.15) is 0 Å². The lowest BCUT2D eigenvalue weighted by atomic mass is 9.73. The predicted molar refractivity (Wildman–Crippen MR) is 143 cm³/mol. The van der Waals surface area contributed by atoms with Crippen molar-refractivity contribution in [2.24, 2.45) is 5.41 Å². The first-order valence-corrected chi connectivity index (χ1v) is 12.5. The van der Waals surface area contributed by atoms with Crippen LogP contribution in [0.2, 0.25) is 5.02 Å². The zero-order valence-electron chi connectivity index (χ0n) is 20.3. The minimum absolute atomic E-state index is 0.132. The van der Waals surface area contributed by atoms with Gasteiger partial charge in [-0.25, -0.2) is 9.97 Å². The first kappa shape index (κ1) is 23.1. The summed E-state index contributed by atoms with van der Waals surface area (Å²) in [6, 6.07) is 13.2. The van der Waals surface area contributed by atoms with Crippen molar-refractivity contribution in [2.75, 3.05) is 50.0 Å². The van der Waals surface area contributed by atoms with Crippen molar-refractivity contribution in [3.63, 3.8) is 0 Å². The molecule has 8 nitrogen and oxygen atoms in total. The monoisotopic (exact) mass is 504 g/mol. The van der Waals surface area contributed by atoms with Gasteiger partial charge in [-0.3, -0.25) is 0 Å². The molecule has 4 N–H and O–H groups in total. The van der Waals surface area contributed by atoms with Gasteiger partial charge in [-0.1, -0.05) is 23.7 Å². The minimum Gasteiger partial charge on any atom is -0.493 e. The van der Waals surface area contributed by atoms with E-state index < -0.39 is 6.10 Å². The quantitative estimate of drug-likeness (QED) is 0.312. The fourth-order valence-corrected chi connectivity index (χ4v) is 5.88. The van der Waals surface area contributed by atoms with Gasteiger partial charge in [0.2, 0.25) is 5.88 Å². The molecule has 4 aromatic rings. The Balaban J connectivity index is 1.26. The van der Waals surface area contributed by atoms with Gasteiger partial charge < -0.3 is 30.3 Å². The van der Waals surface area contributed by atoms with Gasteiger partial charge >= 0.3 is 0 Å². The molecule has 2 aromatic heterocycles. The lowest BCUT2D eigenvalue weighted by Crippen LogP contribution is -2.71. The first-order valence-electron chi connectivity index (χ1n) is 12.1. The van der Waals surface area contributed by atoms with Gasteiger partial charge in [0.1, 0.15) is 11.4 Å². The maximum absolute atomic E-state index is 10.7. The van der Waals surface area contributed by atoms with E-state index in [0.717, 1.165) is 29.7 Å². The normalized spacial score (nSPS) is 17.7. The van der Waals surface area contributed by atoms with Gasteiger partial charge in [0.05, 0.1) is 22.8 Å². The standard InChI is InChI=1S/C27H29ClN6O2/c1-16-8-19(34-14-27(15-34)12-33(2)13-27)10-21-24(16)32-25(31-21)23-20(6-7-29-26(23)36)30-11-22(35)17-4-3-5-18(28)9-17/h3-10,22,35H,11-15H2,1-2H3,(H,31,32)(H2,29,30,36)/t22-/m0/s1. The first-order chi connectivity index (χ1) is 17.3. The molecule has 1 atom stereocenters. The molecule has 6 rings (SSSR count). The topological polar surface area (TPSA) is 101 Å². The number of hydrogen-bond donors (Lipinski definition) is 4. The second kappa shape index (κ2) is 8.65. The number of halogens is 1. The van der Waals surface area contributed by atoms with E-state index in [1.807, 2.05) is 6.07 Å². The van der Waals surface area contributed by atoms with E-state index in [0.29, 0.717) is 33.1 Å². The number of H-pyrrole nitrogens is 1. The van der Waals surface area contributed by atoms with E-state index in [1.54, 1.807) is 24.3 Å². The Labute approximate surface area is 214 Å². The zero-order chi connectivity index (χ0) is 25.0. The molecule has 0 saturated carbocycles. The van der Waals surface area contributed by atoms with E-state index in [2.05, 4.69) is 51.2 Å². The molecule has 2 aliphatic heterocycles. The van der Waals surface area contributed by atoms with Crippen LogP contribution in [0, 0.1) is 12.3 Å². The summed E-state index contributed by atoms with van der Waals surface area (Å²) in [6.07, 6.45) is 0.749. The number of aliphatic hydroxyl groups excluding tert-OH is 1. The second-order valence-corrected chi connectivity index (χ2v) is 10.7. The van der Waals surface area contributed by atoms with Crippen LogP contribution in [0.1, 0.15) is 17.2 Å². The number of nitrogens with zero attached hydrogens (tertiary/aromatic N) is 4. The maximum Gasteiger partial charge on any atom is 0.224 e. The largest absolute Gasteiger partial charge is 0.493 e. The van der Waals surface area contributed by atoms with Crippen LogP contribution < -0.4 is 10.2 Å². The number of benzene rings is 2. The Morgan fingerprint density at radius 3 is 2.72 bits per heavy atom. The van der Waals surface area contributed by atoms with Crippen molar-refractivity contribution in [3.05, 3.63) is 64.8 Å². The van der Waals surface area contributed by atoms with Gasteiger partial charge in [0.15, 0.2) is 0 Å². The van der Waals surface area contributed by atoms with Crippen molar-refractivity contribution in [3.8, 4) is 17.3 Å². The highest BCUT2D eigenvalue weighted by Crippen LogP contribution is 2.42. The van der Waals surface area contributed by atoms with Crippen LogP contribution >= 0.6 is 11.6 Å². The number of nitrogens with one attached hydrogen (secondary N) is 2. The Hall–Kier alpha value is -3.33. The van der Waals surface area contributed by atoms with Crippen LogP contribution in [-0.2, 0) is 0 Å². The number of aliphatic hydroxyl groups is 1. The van der Waals surface area contributed by atoms with Crippen LogP contribution in [0.15, 0.2) is 48.7 Å². The summed E-state index contributed by atoms with van der Waals surface area (Å²) in [4.78, 5) is 17.1. The highest BCUT2D eigenvalue weighted by molar-refractivity contribution is 6.30. The SMILES string of the molecule is Cc1cc(N2CC3(CN(C)C3)C2)cc2nc(-c3c(NC[C@H](O)c4cccc(Cl)c4)ccnc3O)[nH]c12. The molecule has 9 heteroatoms. The molecule has 2 saturated heterocycles. The fourth-order valence-electron chi connectivity index (χ4n) is 5.68. The van der Waals surface area contributed by atoms with E-state index >= 15 is 0 Å². The van der Waals surface area contributed by atoms with Crippen molar-refractivity contribution in [2.45, 2.75) is 13.0 Å². The molecule has 2 aromatic carbocycles. The molecule has 186 valence electrons. The highest BCUT2D eigenvalue weighted by atomic mass is 35.5. The second-order valence-electron chi connectivity index (χ2n) is 10.3. The van der Waals surface area contributed by atoms with Gasteiger partial charge in [0, 0.05) is 55.0 Å². The molecule has 0 unspecified atom stereocenters. The highest BCUT2D eigenvalue weighted by Gasteiger charge is 2.50. The van der Waals surface area contributed by atoms with E-state index in [1.165, 1.54) is 25.0 Å². The van der Waals surface area contributed by atoms with Gasteiger partial charge in [-0.15, -0.1) is 0 Å². The molecule has 36 heavy (non-hydrogen) atoms. The molecule has 0 bridgehead atoms. The molecule has 2 fully saturated rings. The lowest BCUT2D eigenvalue weighted by molar-refractivity contribution is -0.00238. The number of aromatic amines is 1. The Bertz CT molecular complexity index is 1440. The molecular formula is C27H29ClN6O2. The van der Waals surface area contributed by atoms with Crippen molar-refractivity contribution < 1.29 is 10.2 Å². The van der Waals surface area contributed by atoms with Gasteiger partial charge in [-0.05, 0) is 55.4 Å². The third-order valence-corrected chi connectivity index (χ3v) is 7.53. The fraction of sp³-hybridized carbons (Fsp3) is 0.333. The summed E-state index contributed by atoms with van der Waals surface area (Å²) in [6.45, 7) is 6.78. The van der Waals surface area contributed by atoms with Gasteiger partial charge in [0.25, 0.3) is 0 Å². The van der Waals surface area contributed by atoms with Crippen LogP contribution in [0.3, 0.4) is 0 Å². The Morgan fingerprint density at radius 1 is 1.17 bits per heavy atom. The zero-order valence-corrected chi connectivity index (χ0v) is 21.0. The van der Waals surface area contributed by atoms with E-state index in [9.17, 15) is 10.2 Å². The number of hydrogen-bond acceptors (Lipinski definition) is 7. The third kappa shape index (κ3) is 4.05. The molecule has 0 radical (unpaired) electrons. The number of rotatable bonds is 6. The Morgan fingerprint density at radius 2 is 1.97 bits per heavy atom. The van der Waals surface area contributed by atoms with Crippen LogP contribution in [0.4, 0.5) is 11.4 Å². The molecule has 4 heterocycles. The smallest absolute Gasteiger partial charge is 0.224 e. The number of pyridine rings is 1. The summed E-state index contributed by atoms with van der Waals surface area (Å²) >= 11 is 6.07. The van der Waals surface area contributed by atoms with Crippen molar-refractivity contribution in [1.29, 1.82) is 0 Å². The summed E-state index contributed by atoms with van der Waals surface area (Å²) in [7, 11) is 2.17. The number of aromatic nitrogens is 3. The van der Waals surface area contributed by atoms with E-state index in [4.69, 9.17) is 16.6 Å². The maximum atomic E-state index is 10.7. The molecule has 1 spiro atoms. The lowest BCUT2D eigenvalue weighted by Gasteiger charge is -2.60. The summed E-state index contributed by atoms with van der Waals surface area (Å²) in [5.41, 5.74) is 6.31. The minimum atomic E-state index is -0.775. The number of likely N-dealkylation sites (tertiary alicyclic amines) is 1. The van der Waals surface area contributed by atoms with Crippen LogP contribution in [-0.4, -0.2) is 69.8 Å². The molecular weight excluding hydrogens is 476 g/mol. The average Bonchev–Trinajstić information content (AvgIpc) is 3.23. The number of aryl methyl sites for hydroxylation is 1. The third-order valence-electron chi connectivity index (χ3n) is 7.29. The molecule has 0 amide bonds. The molecule has 0 aliphatic carbocycles. The van der Waals surface area contributed by atoms with Crippen LogP contribution in [0.5, 0.6) is 5.88 Å². The van der Waals surface area contributed by atoms with E-state index in [-0.39, 0.29) is 12.4 Å². The number of anilines is 2. The average molecular weight is 505 g/mol. The summed E-state index contributed by atoms with van der Waals surface area (Å²) in [5, 5.41) is 25.1. The molecule has 2 aliphatic rings. The summed E-state index contributed by atoms with van der Waals surface area (Å²) < 4.78 is 0. The predicted octanol–water partition coefficient (Wildman–Crippen LogP) is 4.19. The number of aromatic hydroxyl groups is 1. The number of fused-ring (bicyclic) bond motifs is 1. The summed E-state index contributed by atoms with van der Waals surface area (Å²) in [5.74, 6) is 0.393. The van der Waals surface area contributed by atoms with Crippen molar-refractivity contribution in [1.82, 2.24) is 19.9 Å². The van der Waals surface area contributed by atoms with Crippen molar-refractivity contribution >= 4 is 34.0 Å². The van der Waals surface area contributed by atoms with Crippen LogP contribution in [0.25, 0.3) is 22.4 Å². The Kier molecular flexibility index (Phi) is 5.55.